The minimum atomic E-state index is -2.91. The minimum absolute atomic E-state index is 0.00902. The zero-order valence-electron chi connectivity index (χ0n) is 14.4. The second kappa shape index (κ2) is 6.75. The van der Waals surface area contributed by atoms with Crippen LogP contribution in [0.2, 0.25) is 0 Å². The third kappa shape index (κ3) is 3.91. The van der Waals surface area contributed by atoms with E-state index in [0.717, 1.165) is 25.7 Å². The third-order valence-electron chi connectivity index (χ3n) is 5.29. The molecule has 1 aromatic rings. The molecule has 1 N–H and O–H groups in total. The second-order valence-electron chi connectivity index (χ2n) is 7.26. The fourth-order valence-corrected chi connectivity index (χ4v) is 5.17. The Balaban J connectivity index is 1.52. The van der Waals surface area contributed by atoms with E-state index in [2.05, 4.69) is 24.4 Å². The van der Waals surface area contributed by atoms with Gasteiger partial charge in [0, 0.05) is 18.8 Å². The van der Waals surface area contributed by atoms with Crippen molar-refractivity contribution in [2.45, 2.75) is 51.2 Å². The van der Waals surface area contributed by atoms with E-state index in [1.807, 2.05) is 17.0 Å². The van der Waals surface area contributed by atoms with E-state index in [4.69, 9.17) is 0 Å². The SMILES string of the molecule is CC1c2ccccc2CN1C(=O)NC1CCC(CS(C)(=O)=O)CC1. The van der Waals surface area contributed by atoms with E-state index in [-0.39, 0.29) is 29.8 Å². The van der Waals surface area contributed by atoms with E-state index in [1.54, 1.807) is 0 Å². The number of hydrogen-bond donors (Lipinski definition) is 1. The van der Waals surface area contributed by atoms with Gasteiger partial charge in [-0.15, -0.1) is 0 Å². The zero-order chi connectivity index (χ0) is 17.3. The van der Waals surface area contributed by atoms with Crippen LogP contribution >= 0.6 is 0 Å². The normalized spacial score (nSPS) is 26.9. The minimum Gasteiger partial charge on any atom is -0.335 e. The predicted molar refractivity (Wildman–Crippen MR) is 94.4 cm³/mol. The molecule has 1 saturated carbocycles. The Morgan fingerprint density at radius 3 is 2.50 bits per heavy atom. The number of sulfone groups is 1. The van der Waals surface area contributed by atoms with Crippen LogP contribution in [-0.4, -0.2) is 37.4 Å². The lowest BCUT2D eigenvalue weighted by Gasteiger charge is -2.31. The smallest absolute Gasteiger partial charge is 0.318 e. The Labute approximate surface area is 144 Å². The van der Waals surface area contributed by atoms with Crippen LogP contribution in [0.3, 0.4) is 0 Å². The number of carbonyl (C=O) groups is 1. The molecule has 1 aliphatic heterocycles. The van der Waals surface area contributed by atoms with Gasteiger partial charge in [-0.25, -0.2) is 13.2 Å². The Bertz CT molecular complexity index is 709. The van der Waals surface area contributed by atoms with Crippen LogP contribution in [0.4, 0.5) is 4.79 Å². The van der Waals surface area contributed by atoms with Crippen LogP contribution in [0.25, 0.3) is 0 Å². The molecule has 1 heterocycles. The van der Waals surface area contributed by atoms with Crippen LogP contribution in [0.5, 0.6) is 0 Å². The Kier molecular flexibility index (Phi) is 4.85. The van der Waals surface area contributed by atoms with E-state index in [9.17, 15) is 13.2 Å². The summed E-state index contributed by atoms with van der Waals surface area (Å²) in [5, 5.41) is 3.15. The molecular weight excluding hydrogens is 324 g/mol. The molecule has 2 amide bonds. The van der Waals surface area contributed by atoms with Gasteiger partial charge in [0.1, 0.15) is 9.84 Å². The predicted octanol–water partition coefficient (Wildman–Crippen LogP) is 2.88. The number of amides is 2. The number of hydrogen-bond acceptors (Lipinski definition) is 3. The summed E-state index contributed by atoms with van der Waals surface area (Å²) in [4.78, 5) is 14.5. The van der Waals surface area contributed by atoms with E-state index in [1.165, 1.54) is 17.4 Å². The van der Waals surface area contributed by atoms with Crippen LogP contribution in [-0.2, 0) is 16.4 Å². The molecule has 2 aliphatic rings. The van der Waals surface area contributed by atoms with Crippen molar-refractivity contribution in [1.82, 2.24) is 10.2 Å². The average molecular weight is 350 g/mol. The van der Waals surface area contributed by atoms with Gasteiger partial charge in [-0.3, -0.25) is 0 Å². The molecule has 5 nitrogen and oxygen atoms in total. The van der Waals surface area contributed by atoms with Crippen molar-refractivity contribution in [3.05, 3.63) is 35.4 Å². The van der Waals surface area contributed by atoms with Gasteiger partial charge in [-0.2, -0.15) is 0 Å². The zero-order valence-corrected chi connectivity index (χ0v) is 15.2. The standard InChI is InChI=1S/C18H26N2O3S/c1-13-17-6-4-3-5-15(17)11-20(13)18(21)19-16-9-7-14(8-10-16)12-24(2,22)23/h3-6,13-14,16H,7-12H2,1-2H3,(H,19,21). The molecule has 1 fully saturated rings. The lowest BCUT2D eigenvalue weighted by atomic mass is 9.87. The Morgan fingerprint density at radius 1 is 1.21 bits per heavy atom. The topological polar surface area (TPSA) is 66.5 Å². The molecule has 0 aromatic heterocycles. The second-order valence-corrected chi connectivity index (χ2v) is 9.45. The van der Waals surface area contributed by atoms with Crippen molar-refractivity contribution in [1.29, 1.82) is 0 Å². The summed E-state index contributed by atoms with van der Waals surface area (Å²) in [6.45, 7) is 2.72. The van der Waals surface area contributed by atoms with E-state index in [0.29, 0.717) is 6.54 Å². The van der Waals surface area contributed by atoms with E-state index >= 15 is 0 Å². The van der Waals surface area contributed by atoms with Gasteiger partial charge in [-0.1, -0.05) is 24.3 Å². The maximum atomic E-state index is 12.6. The monoisotopic (exact) mass is 350 g/mol. The number of carbonyl (C=O) groups excluding carboxylic acids is 1. The maximum Gasteiger partial charge on any atom is 0.318 e. The molecule has 6 heteroatoms. The first-order valence-electron chi connectivity index (χ1n) is 8.66. The first-order chi connectivity index (χ1) is 11.3. The molecule has 1 aromatic carbocycles. The van der Waals surface area contributed by atoms with Crippen molar-refractivity contribution in [3.63, 3.8) is 0 Å². The highest BCUT2D eigenvalue weighted by molar-refractivity contribution is 7.90. The van der Waals surface area contributed by atoms with Gasteiger partial charge in [-0.05, 0) is 49.7 Å². The number of fused-ring (bicyclic) bond motifs is 1. The molecule has 0 radical (unpaired) electrons. The number of rotatable bonds is 3. The first kappa shape index (κ1) is 17.3. The molecule has 1 aliphatic carbocycles. The van der Waals surface area contributed by atoms with Crippen LogP contribution in [0.15, 0.2) is 24.3 Å². The Morgan fingerprint density at radius 2 is 1.88 bits per heavy atom. The van der Waals surface area contributed by atoms with Gasteiger partial charge in [0.25, 0.3) is 0 Å². The lowest BCUT2D eigenvalue weighted by molar-refractivity contribution is 0.175. The van der Waals surface area contributed by atoms with Crippen LogP contribution in [0.1, 0.15) is 49.8 Å². The first-order valence-corrected chi connectivity index (χ1v) is 10.7. The summed E-state index contributed by atoms with van der Waals surface area (Å²) in [5.41, 5.74) is 2.45. The number of nitrogens with zero attached hydrogens (tertiary/aromatic N) is 1. The number of urea groups is 1. The molecule has 132 valence electrons. The van der Waals surface area contributed by atoms with Gasteiger partial charge >= 0.3 is 6.03 Å². The fourth-order valence-electron chi connectivity index (χ4n) is 3.98. The van der Waals surface area contributed by atoms with Gasteiger partial charge < -0.3 is 10.2 Å². The average Bonchev–Trinajstić information content (AvgIpc) is 2.85. The van der Waals surface area contributed by atoms with Crippen molar-refractivity contribution >= 4 is 15.9 Å². The summed E-state index contributed by atoms with van der Waals surface area (Å²) in [5.74, 6) is 0.509. The molecule has 1 unspecified atom stereocenters. The molecule has 0 spiro atoms. The van der Waals surface area contributed by atoms with Crippen molar-refractivity contribution in [2.24, 2.45) is 5.92 Å². The third-order valence-corrected chi connectivity index (χ3v) is 6.36. The summed E-state index contributed by atoms with van der Waals surface area (Å²) >= 11 is 0. The largest absolute Gasteiger partial charge is 0.335 e. The number of nitrogens with one attached hydrogen (secondary N) is 1. The van der Waals surface area contributed by atoms with Crippen LogP contribution in [0, 0.1) is 5.92 Å². The lowest BCUT2D eigenvalue weighted by Crippen LogP contribution is -2.45. The molecule has 0 saturated heterocycles. The molecule has 24 heavy (non-hydrogen) atoms. The quantitative estimate of drug-likeness (QED) is 0.911. The fraction of sp³-hybridized carbons (Fsp3) is 0.611. The van der Waals surface area contributed by atoms with Gasteiger partial charge in [0.15, 0.2) is 0 Å². The van der Waals surface area contributed by atoms with Crippen LogP contribution < -0.4 is 5.32 Å². The van der Waals surface area contributed by atoms with Gasteiger partial charge in [0.05, 0.1) is 11.8 Å². The number of benzene rings is 1. The molecule has 3 rings (SSSR count). The van der Waals surface area contributed by atoms with E-state index < -0.39 is 9.84 Å². The van der Waals surface area contributed by atoms with Gasteiger partial charge in [0.2, 0.25) is 0 Å². The summed E-state index contributed by atoms with van der Waals surface area (Å²) < 4.78 is 22.8. The summed E-state index contributed by atoms with van der Waals surface area (Å²) in [7, 11) is -2.91. The Hall–Kier alpha value is -1.56. The highest BCUT2D eigenvalue weighted by atomic mass is 32.2. The van der Waals surface area contributed by atoms with Crippen molar-refractivity contribution < 1.29 is 13.2 Å². The molecule has 1 atom stereocenters. The molecule has 0 bridgehead atoms. The molecular formula is C18H26N2O3S. The highest BCUT2D eigenvalue weighted by Gasteiger charge is 2.32. The summed E-state index contributed by atoms with van der Waals surface area (Å²) in [6.07, 6.45) is 4.76. The van der Waals surface area contributed by atoms with Crippen molar-refractivity contribution in [2.75, 3.05) is 12.0 Å². The van der Waals surface area contributed by atoms with Crippen molar-refractivity contribution in [3.8, 4) is 0 Å². The summed E-state index contributed by atoms with van der Waals surface area (Å²) in [6, 6.07) is 8.44. The highest BCUT2D eigenvalue weighted by Crippen LogP contribution is 2.33. The maximum absolute atomic E-state index is 12.6.